The van der Waals surface area contributed by atoms with E-state index in [0.717, 1.165) is 122 Å². The molecule has 0 aromatic rings. The van der Waals surface area contributed by atoms with Gasteiger partial charge in [-0.1, -0.05) is 279 Å². The van der Waals surface area contributed by atoms with Gasteiger partial charge in [0.25, 0.3) is 0 Å². The smallest absolute Gasteiger partial charge is 0.306 e. The minimum absolute atomic E-state index is 0.0867. The van der Waals surface area contributed by atoms with Gasteiger partial charge in [0.2, 0.25) is 0 Å². The van der Waals surface area contributed by atoms with E-state index in [1.54, 1.807) is 0 Å². The summed E-state index contributed by atoms with van der Waals surface area (Å²) >= 11 is 0. The van der Waals surface area contributed by atoms with Gasteiger partial charge in [0, 0.05) is 19.3 Å². The summed E-state index contributed by atoms with van der Waals surface area (Å²) in [5.41, 5.74) is 0. The van der Waals surface area contributed by atoms with E-state index < -0.39 is 6.10 Å². The number of carbonyl (C=O) groups is 3. The quantitative estimate of drug-likeness (QED) is 0.0261. The van der Waals surface area contributed by atoms with E-state index in [1.165, 1.54) is 141 Å². The van der Waals surface area contributed by atoms with E-state index in [1.807, 2.05) is 0 Å². The Bertz CT molecular complexity index is 1480. The van der Waals surface area contributed by atoms with Gasteiger partial charge in [0.1, 0.15) is 13.2 Å². The summed E-state index contributed by atoms with van der Waals surface area (Å²) in [6, 6.07) is 0. The van der Waals surface area contributed by atoms with Gasteiger partial charge in [-0.2, -0.15) is 0 Å². The van der Waals surface area contributed by atoms with Crippen LogP contribution in [-0.4, -0.2) is 37.2 Å². The summed E-state index contributed by atoms with van der Waals surface area (Å²) in [5.74, 6) is -0.919. The Balaban J connectivity index is 4.06. The molecule has 75 heavy (non-hydrogen) atoms. The first-order chi connectivity index (χ1) is 37.0. The van der Waals surface area contributed by atoms with Crippen LogP contribution in [0.2, 0.25) is 0 Å². The van der Waals surface area contributed by atoms with Gasteiger partial charge in [-0.15, -0.1) is 0 Å². The molecule has 0 spiro atoms. The summed E-state index contributed by atoms with van der Waals surface area (Å²) in [6.45, 7) is 6.43. The number of allylic oxidation sites excluding steroid dienone is 16. The molecule has 0 aliphatic carbocycles. The summed E-state index contributed by atoms with van der Waals surface area (Å²) in [5, 5.41) is 0. The molecule has 0 N–H and O–H groups in total. The van der Waals surface area contributed by atoms with Crippen LogP contribution in [0.25, 0.3) is 0 Å². The molecule has 0 aliphatic heterocycles. The van der Waals surface area contributed by atoms with Crippen LogP contribution in [0.5, 0.6) is 0 Å². The maximum Gasteiger partial charge on any atom is 0.306 e. The van der Waals surface area contributed by atoms with Gasteiger partial charge in [-0.05, 0) is 103 Å². The molecule has 430 valence electrons. The molecule has 0 heterocycles. The number of carbonyl (C=O) groups excluding carboxylic acids is 3. The van der Waals surface area contributed by atoms with Crippen LogP contribution in [0.3, 0.4) is 0 Å². The minimum Gasteiger partial charge on any atom is -0.462 e. The van der Waals surface area contributed by atoms with E-state index in [9.17, 15) is 14.4 Å². The van der Waals surface area contributed by atoms with Crippen molar-refractivity contribution in [2.75, 3.05) is 13.2 Å². The first-order valence-electron chi connectivity index (χ1n) is 31.7. The van der Waals surface area contributed by atoms with Crippen molar-refractivity contribution in [2.45, 2.75) is 309 Å². The van der Waals surface area contributed by atoms with Crippen molar-refractivity contribution >= 4 is 17.9 Å². The summed E-state index contributed by atoms with van der Waals surface area (Å²) in [6.07, 6.45) is 84.7. The zero-order valence-corrected chi connectivity index (χ0v) is 49.3. The lowest BCUT2D eigenvalue weighted by Gasteiger charge is -2.18. The van der Waals surface area contributed by atoms with Gasteiger partial charge in [-0.25, -0.2) is 0 Å². The van der Waals surface area contributed by atoms with Crippen LogP contribution >= 0.6 is 0 Å². The molecule has 0 saturated heterocycles. The zero-order chi connectivity index (χ0) is 54.3. The monoisotopic (exact) mass is 1040 g/mol. The first-order valence-corrected chi connectivity index (χ1v) is 31.7. The van der Waals surface area contributed by atoms with E-state index in [0.29, 0.717) is 19.3 Å². The molecule has 0 rings (SSSR count). The second kappa shape index (κ2) is 62.9. The van der Waals surface area contributed by atoms with Crippen molar-refractivity contribution in [2.24, 2.45) is 0 Å². The largest absolute Gasteiger partial charge is 0.462 e. The maximum absolute atomic E-state index is 12.8. The van der Waals surface area contributed by atoms with Crippen LogP contribution in [0.4, 0.5) is 0 Å². The fourth-order valence-electron chi connectivity index (χ4n) is 8.83. The maximum atomic E-state index is 12.8. The number of ether oxygens (including phenoxy) is 3. The van der Waals surface area contributed by atoms with Crippen LogP contribution < -0.4 is 0 Å². The van der Waals surface area contributed by atoms with Crippen LogP contribution in [0, 0.1) is 0 Å². The molecule has 0 saturated carbocycles. The van der Waals surface area contributed by atoms with Crippen LogP contribution in [-0.2, 0) is 28.6 Å². The highest BCUT2D eigenvalue weighted by atomic mass is 16.6. The Labute approximate surface area is 464 Å². The molecule has 0 aromatic heterocycles. The first kappa shape index (κ1) is 71.3. The van der Waals surface area contributed by atoms with Crippen molar-refractivity contribution in [3.05, 3.63) is 97.2 Å². The average molecular weight is 1040 g/mol. The third kappa shape index (κ3) is 61.1. The fourth-order valence-corrected chi connectivity index (χ4v) is 8.83. The lowest BCUT2D eigenvalue weighted by molar-refractivity contribution is -0.167. The molecule has 1 atom stereocenters. The Morgan fingerprint density at radius 2 is 0.520 bits per heavy atom. The molecule has 0 bridgehead atoms. The number of unbranched alkanes of at least 4 members (excludes halogenated alkanes) is 30. The summed E-state index contributed by atoms with van der Waals surface area (Å²) in [4.78, 5) is 37.9. The summed E-state index contributed by atoms with van der Waals surface area (Å²) < 4.78 is 16.7. The van der Waals surface area contributed by atoms with E-state index in [2.05, 4.69) is 118 Å². The van der Waals surface area contributed by atoms with Gasteiger partial charge < -0.3 is 14.2 Å². The van der Waals surface area contributed by atoms with Crippen molar-refractivity contribution in [1.82, 2.24) is 0 Å². The SMILES string of the molecule is CC/C=C\C/C=C\C/C=C\C/C=C\C/C=C\C/C=C\CCCCCCC(=O)OC(COC(=O)CCCCCCC)COC(=O)CCCCCCCCCCCCCCCCCCC/C=C\C/C=C\CCCCCCC. The predicted octanol–water partition coefficient (Wildman–Crippen LogP) is 21.7. The highest BCUT2D eigenvalue weighted by molar-refractivity contribution is 5.71. The van der Waals surface area contributed by atoms with Gasteiger partial charge in [-0.3, -0.25) is 14.4 Å². The predicted molar refractivity (Wildman–Crippen MR) is 325 cm³/mol. The molecule has 0 fully saturated rings. The van der Waals surface area contributed by atoms with Gasteiger partial charge >= 0.3 is 17.9 Å². The standard InChI is InChI=1S/C69H118O6/c1-4-7-10-13-15-17-19-21-23-25-27-29-31-32-33-34-35-36-38-39-41-43-45-47-49-51-53-56-59-62-68(71)74-65-66(64-73-67(70)61-58-55-12-9-6-3)75-69(72)63-60-57-54-52-50-48-46-44-42-40-37-30-28-26-24-22-20-18-16-14-11-8-5-2/h8,11,16,18-19,21-22,24-25,27-28,30,40,42,46,48,66H,4-7,9-10,12-15,17,20,23,26,29,31-39,41,43-45,47,49-65H2,1-3H3/b11-8-,18-16-,21-19-,24-22-,27-25-,30-28-,42-40-,48-46-. The molecule has 6 nitrogen and oxygen atoms in total. The van der Waals surface area contributed by atoms with Gasteiger partial charge in [0.15, 0.2) is 6.10 Å². The Morgan fingerprint density at radius 3 is 0.813 bits per heavy atom. The third-order valence-corrected chi connectivity index (χ3v) is 13.6. The van der Waals surface area contributed by atoms with Crippen LogP contribution in [0.15, 0.2) is 97.2 Å². The van der Waals surface area contributed by atoms with Crippen molar-refractivity contribution < 1.29 is 28.6 Å². The van der Waals surface area contributed by atoms with Crippen molar-refractivity contribution in [3.63, 3.8) is 0 Å². The number of hydrogen-bond donors (Lipinski definition) is 0. The molecule has 0 aromatic carbocycles. The fraction of sp³-hybridized carbons (Fsp3) is 0.725. The second-order valence-corrected chi connectivity index (χ2v) is 20.9. The average Bonchev–Trinajstić information content (AvgIpc) is 3.41. The number of hydrogen-bond acceptors (Lipinski definition) is 6. The molecule has 6 heteroatoms. The van der Waals surface area contributed by atoms with Gasteiger partial charge in [0.05, 0.1) is 0 Å². The Kier molecular flexibility index (Phi) is 59.8. The Morgan fingerprint density at radius 1 is 0.280 bits per heavy atom. The lowest BCUT2D eigenvalue weighted by Crippen LogP contribution is -2.30. The Hall–Kier alpha value is -3.67. The number of rotatable bonds is 57. The van der Waals surface area contributed by atoms with Crippen molar-refractivity contribution in [3.8, 4) is 0 Å². The van der Waals surface area contributed by atoms with Crippen molar-refractivity contribution in [1.29, 1.82) is 0 Å². The van der Waals surface area contributed by atoms with E-state index in [-0.39, 0.29) is 31.1 Å². The van der Waals surface area contributed by atoms with Crippen LogP contribution in [0.1, 0.15) is 303 Å². The summed E-state index contributed by atoms with van der Waals surface area (Å²) in [7, 11) is 0. The van der Waals surface area contributed by atoms with E-state index in [4.69, 9.17) is 14.2 Å². The zero-order valence-electron chi connectivity index (χ0n) is 49.3. The highest BCUT2D eigenvalue weighted by Gasteiger charge is 2.19. The normalized spacial score (nSPS) is 12.7. The highest BCUT2D eigenvalue weighted by Crippen LogP contribution is 2.16. The molecule has 0 aliphatic rings. The molecular weight excluding hydrogens is 925 g/mol. The minimum atomic E-state index is -0.788. The lowest BCUT2D eigenvalue weighted by atomic mass is 10.0. The third-order valence-electron chi connectivity index (χ3n) is 13.6. The van der Waals surface area contributed by atoms with E-state index >= 15 is 0 Å². The second-order valence-electron chi connectivity index (χ2n) is 20.9. The molecular formula is C69H118O6. The molecule has 0 amide bonds. The molecule has 1 unspecified atom stereocenters. The topological polar surface area (TPSA) is 78.9 Å². The molecule has 0 radical (unpaired) electrons. The number of esters is 3.